The van der Waals surface area contributed by atoms with Crippen molar-refractivity contribution in [1.29, 1.82) is 0 Å². The van der Waals surface area contributed by atoms with Crippen LogP contribution in [0.2, 0.25) is 0 Å². The first-order valence-electron chi connectivity index (χ1n) is 6.26. The van der Waals surface area contributed by atoms with Crippen LogP contribution < -0.4 is 5.32 Å². The second-order valence-corrected chi connectivity index (χ2v) is 4.12. The molecule has 1 heterocycles. The van der Waals surface area contributed by atoms with Crippen molar-refractivity contribution in [2.75, 3.05) is 6.54 Å². The zero-order valence-electron chi connectivity index (χ0n) is 10.9. The Labute approximate surface area is 98.7 Å². The summed E-state index contributed by atoms with van der Waals surface area (Å²) >= 11 is 0. The number of nitrogens with zero attached hydrogens (tertiary/aromatic N) is 2. The van der Waals surface area contributed by atoms with Crippen molar-refractivity contribution in [3.8, 4) is 0 Å². The molecule has 0 saturated heterocycles. The van der Waals surface area contributed by atoms with Crippen LogP contribution in [0.3, 0.4) is 0 Å². The maximum absolute atomic E-state index is 4.50. The summed E-state index contributed by atoms with van der Waals surface area (Å²) in [4.78, 5) is 8.90. The van der Waals surface area contributed by atoms with Crippen molar-refractivity contribution in [2.24, 2.45) is 0 Å². The topological polar surface area (TPSA) is 37.8 Å². The van der Waals surface area contributed by atoms with Gasteiger partial charge in [-0.2, -0.15) is 0 Å². The minimum Gasteiger partial charge on any atom is -0.314 e. The van der Waals surface area contributed by atoms with Gasteiger partial charge in [0.25, 0.3) is 0 Å². The lowest BCUT2D eigenvalue weighted by molar-refractivity contribution is 0.504. The lowest BCUT2D eigenvalue weighted by atomic mass is 10.1. The number of likely N-dealkylation sites (N-methyl/N-ethyl adjacent to an activating group) is 1. The van der Waals surface area contributed by atoms with E-state index in [-0.39, 0.29) is 0 Å². The Hall–Kier alpha value is -0.960. The maximum atomic E-state index is 4.50. The van der Waals surface area contributed by atoms with Gasteiger partial charge in [-0.05, 0) is 32.4 Å². The molecule has 0 fully saturated rings. The van der Waals surface area contributed by atoms with Crippen molar-refractivity contribution in [1.82, 2.24) is 15.3 Å². The Kier molecular flexibility index (Phi) is 5.39. The van der Waals surface area contributed by atoms with E-state index in [1.807, 2.05) is 6.92 Å². The van der Waals surface area contributed by atoms with Gasteiger partial charge in [0.1, 0.15) is 5.82 Å². The third-order valence-corrected chi connectivity index (χ3v) is 2.75. The fourth-order valence-electron chi connectivity index (χ4n) is 1.89. The molecule has 0 aromatic carbocycles. The summed E-state index contributed by atoms with van der Waals surface area (Å²) in [5.74, 6) is 0.890. The van der Waals surface area contributed by atoms with Gasteiger partial charge in [0, 0.05) is 23.9 Å². The van der Waals surface area contributed by atoms with Crippen LogP contribution in [0.15, 0.2) is 6.07 Å². The average molecular weight is 221 g/mol. The molecule has 1 aromatic heterocycles. The molecule has 1 aromatic rings. The molecule has 3 nitrogen and oxygen atoms in total. The van der Waals surface area contributed by atoms with Crippen LogP contribution in [0, 0.1) is 6.92 Å². The Bertz CT molecular complexity index is 323. The molecule has 0 aliphatic rings. The van der Waals surface area contributed by atoms with E-state index in [0.29, 0.717) is 6.04 Å². The molecular weight excluding hydrogens is 198 g/mol. The van der Waals surface area contributed by atoms with Crippen molar-refractivity contribution in [3.63, 3.8) is 0 Å². The Balaban J connectivity index is 2.74. The molecule has 0 radical (unpaired) electrons. The molecule has 1 atom stereocenters. The van der Waals surface area contributed by atoms with Gasteiger partial charge in [-0.15, -0.1) is 0 Å². The van der Waals surface area contributed by atoms with Crippen LogP contribution in [0.4, 0.5) is 0 Å². The highest BCUT2D eigenvalue weighted by Gasteiger charge is 2.08. The molecule has 0 spiro atoms. The zero-order valence-corrected chi connectivity index (χ0v) is 10.9. The summed E-state index contributed by atoms with van der Waals surface area (Å²) in [5, 5.41) is 3.48. The smallest absolute Gasteiger partial charge is 0.125 e. The number of aryl methyl sites for hydroxylation is 2. The third kappa shape index (κ3) is 3.89. The van der Waals surface area contributed by atoms with Gasteiger partial charge in [0.15, 0.2) is 0 Å². The molecule has 1 rings (SSSR count). The van der Waals surface area contributed by atoms with E-state index in [1.165, 1.54) is 0 Å². The van der Waals surface area contributed by atoms with Crippen LogP contribution in [-0.2, 0) is 12.8 Å². The summed E-state index contributed by atoms with van der Waals surface area (Å²) in [6.45, 7) is 9.47. The first kappa shape index (κ1) is 13.1. The predicted octanol–water partition coefficient (Wildman–Crippen LogP) is 2.28. The van der Waals surface area contributed by atoms with E-state index in [9.17, 15) is 0 Å². The maximum Gasteiger partial charge on any atom is 0.125 e. The fraction of sp³-hybridized carbons (Fsp3) is 0.692. The number of rotatable bonds is 6. The average Bonchev–Trinajstić information content (AvgIpc) is 2.27. The van der Waals surface area contributed by atoms with Crippen molar-refractivity contribution in [3.05, 3.63) is 23.3 Å². The molecule has 0 amide bonds. The number of aromatic nitrogens is 2. The summed E-state index contributed by atoms with van der Waals surface area (Å²) in [7, 11) is 0. The van der Waals surface area contributed by atoms with Gasteiger partial charge < -0.3 is 5.32 Å². The summed E-state index contributed by atoms with van der Waals surface area (Å²) in [5.41, 5.74) is 2.31. The van der Waals surface area contributed by atoms with Crippen LogP contribution in [0.25, 0.3) is 0 Å². The molecule has 0 aliphatic carbocycles. The quantitative estimate of drug-likeness (QED) is 0.801. The monoisotopic (exact) mass is 221 g/mol. The van der Waals surface area contributed by atoms with Crippen LogP contribution >= 0.6 is 0 Å². The highest BCUT2D eigenvalue weighted by Crippen LogP contribution is 2.06. The van der Waals surface area contributed by atoms with E-state index in [2.05, 4.69) is 42.1 Å². The van der Waals surface area contributed by atoms with Gasteiger partial charge >= 0.3 is 0 Å². The Morgan fingerprint density at radius 3 is 2.44 bits per heavy atom. The summed E-state index contributed by atoms with van der Waals surface area (Å²) in [6.07, 6.45) is 3.12. The molecule has 90 valence electrons. The minimum absolute atomic E-state index is 0.531. The molecule has 3 heteroatoms. The SMILES string of the molecule is CCNC(CC)Cc1cc(CC)nc(C)n1. The molecule has 0 aliphatic heterocycles. The van der Waals surface area contributed by atoms with E-state index >= 15 is 0 Å². The largest absolute Gasteiger partial charge is 0.314 e. The zero-order chi connectivity index (χ0) is 12.0. The van der Waals surface area contributed by atoms with Crippen LogP contribution in [0.1, 0.15) is 44.4 Å². The predicted molar refractivity (Wildman–Crippen MR) is 67.6 cm³/mol. The molecule has 0 saturated carbocycles. The lowest BCUT2D eigenvalue weighted by Crippen LogP contribution is -2.30. The standard InChI is InChI=1S/C13H23N3/c1-5-11(14-7-3)8-13-9-12(6-2)15-10(4)16-13/h9,11,14H,5-8H2,1-4H3. The Morgan fingerprint density at radius 2 is 1.88 bits per heavy atom. The van der Waals surface area contributed by atoms with E-state index in [1.54, 1.807) is 0 Å². The first-order valence-corrected chi connectivity index (χ1v) is 6.26. The number of nitrogens with one attached hydrogen (secondary N) is 1. The number of hydrogen-bond acceptors (Lipinski definition) is 3. The highest BCUT2D eigenvalue weighted by molar-refractivity contribution is 5.12. The van der Waals surface area contributed by atoms with E-state index in [0.717, 1.165) is 43.0 Å². The van der Waals surface area contributed by atoms with Gasteiger partial charge in [-0.1, -0.05) is 20.8 Å². The molecule has 0 bridgehead atoms. The molecular formula is C13H23N3. The van der Waals surface area contributed by atoms with Crippen molar-refractivity contribution in [2.45, 2.75) is 53.0 Å². The molecule has 16 heavy (non-hydrogen) atoms. The van der Waals surface area contributed by atoms with Crippen molar-refractivity contribution >= 4 is 0 Å². The molecule has 1 unspecified atom stereocenters. The van der Waals surface area contributed by atoms with E-state index in [4.69, 9.17) is 0 Å². The molecule has 1 N–H and O–H groups in total. The van der Waals surface area contributed by atoms with Gasteiger partial charge in [0.05, 0.1) is 0 Å². The third-order valence-electron chi connectivity index (χ3n) is 2.75. The normalized spacial score (nSPS) is 12.8. The van der Waals surface area contributed by atoms with E-state index < -0.39 is 0 Å². The summed E-state index contributed by atoms with van der Waals surface area (Å²) < 4.78 is 0. The summed E-state index contributed by atoms with van der Waals surface area (Å²) in [6, 6.07) is 2.66. The van der Waals surface area contributed by atoms with Crippen LogP contribution in [0.5, 0.6) is 0 Å². The highest BCUT2D eigenvalue weighted by atomic mass is 14.9. The second-order valence-electron chi connectivity index (χ2n) is 4.12. The minimum atomic E-state index is 0.531. The van der Waals surface area contributed by atoms with Gasteiger partial charge in [-0.25, -0.2) is 9.97 Å². The lowest BCUT2D eigenvalue weighted by Gasteiger charge is -2.15. The first-order chi connectivity index (χ1) is 7.69. The Morgan fingerprint density at radius 1 is 1.19 bits per heavy atom. The van der Waals surface area contributed by atoms with Gasteiger partial charge in [-0.3, -0.25) is 0 Å². The number of hydrogen-bond donors (Lipinski definition) is 1. The van der Waals surface area contributed by atoms with Gasteiger partial charge in [0.2, 0.25) is 0 Å². The van der Waals surface area contributed by atoms with Crippen LogP contribution in [-0.4, -0.2) is 22.6 Å². The second kappa shape index (κ2) is 6.59. The van der Waals surface area contributed by atoms with Crippen molar-refractivity contribution < 1.29 is 0 Å². The fourth-order valence-corrected chi connectivity index (χ4v) is 1.89.